The van der Waals surface area contributed by atoms with Crippen LogP contribution in [0.2, 0.25) is 0 Å². The monoisotopic (exact) mass is 432 g/mol. The number of likely N-dealkylation sites (tertiary alicyclic amines) is 1. The van der Waals surface area contributed by atoms with E-state index in [-0.39, 0.29) is 17.8 Å². The van der Waals surface area contributed by atoms with Crippen LogP contribution in [0.4, 0.5) is 0 Å². The molecule has 8 nitrogen and oxygen atoms in total. The highest BCUT2D eigenvalue weighted by Gasteiger charge is 2.36. The Balaban J connectivity index is 1.61. The van der Waals surface area contributed by atoms with Gasteiger partial charge in [0.2, 0.25) is 0 Å². The lowest BCUT2D eigenvalue weighted by molar-refractivity contribution is -0.145. The molecule has 31 heavy (non-hydrogen) atoms. The molecule has 1 aromatic carbocycles. The number of nitrogens with one attached hydrogen (secondary N) is 1. The highest BCUT2D eigenvalue weighted by atomic mass is 16.5. The maximum atomic E-state index is 12.1. The fraction of sp³-hybridized carbons (Fsp3) is 0.652. The van der Waals surface area contributed by atoms with E-state index in [1.165, 1.54) is 7.11 Å². The molecule has 2 aliphatic rings. The molecule has 0 bridgehead atoms. The van der Waals surface area contributed by atoms with Gasteiger partial charge in [0.05, 0.1) is 32.8 Å². The zero-order valence-corrected chi connectivity index (χ0v) is 19.0. The number of rotatable bonds is 8. The molecule has 0 amide bonds. The number of para-hydroxylation sites is 1. The molecule has 0 aliphatic carbocycles. The van der Waals surface area contributed by atoms with E-state index in [2.05, 4.69) is 35.0 Å². The summed E-state index contributed by atoms with van der Waals surface area (Å²) in [6, 6.07) is 8.06. The standard InChI is InChI=1S/C23H36N4O4/c1-4-24-23(27-16-18(2)20(17-27)22(28)29-3)25-15-19-7-5-6-8-21(19)31-14-11-26-9-12-30-13-10-26/h5-8,18,20H,4,9-17H2,1-3H3,(H,24,25). The predicted octanol–water partition coefficient (Wildman–Crippen LogP) is 1.60. The first-order valence-corrected chi connectivity index (χ1v) is 11.2. The van der Waals surface area contributed by atoms with Gasteiger partial charge in [0.1, 0.15) is 12.4 Å². The molecule has 0 spiro atoms. The summed E-state index contributed by atoms with van der Waals surface area (Å²) in [6.45, 7) is 11.9. The van der Waals surface area contributed by atoms with Gasteiger partial charge in [0.15, 0.2) is 5.96 Å². The Morgan fingerprint density at radius 1 is 1.26 bits per heavy atom. The van der Waals surface area contributed by atoms with Gasteiger partial charge in [-0.25, -0.2) is 4.99 Å². The van der Waals surface area contributed by atoms with Crippen molar-refractivity contribution in [3.63, 3.8) is 0 Å². The van der Waals surface area contributed by atoms with E-state index in [4.69, 9.17) is 19.2 Å². The molecule has 8 heteroatoms. The van der Waals surface area contributed by atoms with Crippen LogP contribution in [-0.2, 0) is 20.8 Å². The molecule has 2 unspecified atom stereocenters. The Labute approximate surface area is 185 Å². The first-order chi connectivity index (χ1) is 15.1. The van der Waals surface area contributed by atoms with Crippen molar-refractivity contribution in [2.24, 2.45) is 16.8 Å². The summed E-state index contributed by atoms with van der Waals surface area (Å²) >= 11 is 0. The van der Waals surface area contributed by atoms with Crippen molar-refractivity contribution in [1.82, 2.24) is 15.1 Å². The summed E-state index contributed by atoms with van der Waals surface area (Å²) in [6.07, 6.45) is 0. The minimum absolute atomic E-state index is 0.121. The van der Waals surface area contributed by atoms with Crippen LogP contribution in [0.5, 0.6) is 5.75 Å². The van der Waals surface area contributed by atoms with Gasteiger partial charge >= 0.3 is 5.97 Å². The third-order valence-electron chi connectivity index (χ3n) is 5.89. The molecular formula is C23H36N4O4. The number of aliphatic imine (C=N–C) groups is 1. The minimum Gasteiger partial charge on any atom is -0.492 e. The van der Waals surface area contributed by atoms with Crippen molar-refractivity contribution in [1.29, 1.82) is 0 Å². The average Bonchev–Trinajstić information content (AvgIpc) is 3.19. The fourth-order valence-corrected chi connectivity index (χ4v) is 4.07. The number of esters is 1. The normalized spacial score (nSPS) is 22.4. The minimum atomic E-state index is -0.148. The molecule has 1 aromatic rings. The number of hydrogen-bond acceptors (Lipinski definition) is 6. The van der Waals surface area contributed by atoms with Crippen molar-refractivity contribution in [2.45, 2.75) is 20.4 Å². The lowest BCUT2D eigenvalue weighted by atomic mass is 9.99. The zero-order chi connectivity index (χ0) is 22.1. The van der Waals surface area contributed by atoms with Crippen LogP contribution < -0.4 is 10.1 Å². The molecule has 2 atom stereocenters. The van der Waals surface area contributed by atoms with Gasteiger partial charge in [-0.2, -0.15) is 0 Å². The molecule has 172 valence electrons. The van der Waals surface area contributed by atoms with Crippen molar-refractivity contribution in [3.8, 4) is 5.75 Å². The van der Waals surface area contributed by atoms with E-state index in [0.29, 0.717) is 19.7 Å². The molecule has 0 saturated carbocycles. The molecule has 0 radical (unpaired) electrons. The number of nitrogens with zero attached hydrogens (tertiary/aromatic N) is 3. The maximum Gasteiger partial charge on any atom is 0.310 e. The zero-order valence-electron chi connectivity index (χ0n) is 19.0. The van der Waals surface area contributed by atoms with Crippen LogP contribution in [0.15, 0.2) is 29.3 Å². The van der Waals surface area contributed by atoms with E-state index in [9.17, 15) is 4.79 Å². The Bertz CT molecular complexity index is 736. The van der Waals surface area contributed by atoms with Gasteiger partial charge in [-0.05, 0) is 18.9 Å². The Kier molecular flexibility index (Phi) is 8.97. The Hall–Kier alpha value is -2.32. The van der Waals surface area contributed by atoms with Gasteiger partial charge in [0, 0.05) is 44.8 Å². The predicted molar refractivity (Wildman–Crippen MR) is 120 cm³/mol. The summed E-state index contributed by atoms with van der Waals surface area (Å²) in [5.41, 5.74) is 1.05. The van der Waals surface area contributed by atoms with Gasteiger partial charge in [-0.1, -0.05) is 25.1 Å². The second-order valence-corrected chi connectivity index (χ2v) is 8.09. The number of guanidine groups is 1. The van der Waals surface area contributed by atoms with Gasteiger partial charge in [-0.15, -0.1) is 0 Å². The average molecular weight is 433 g/mol. The van der Waals surface area contributed by atoms with Gasteiger partial charge in [-0.3, -0.25) is 9.69 Å². The fourth-order valence-electron chi connectivity index (χ4n) is 4.07. The first-order valence-electron chi connectivity index (χ1n) is 11.2. The number of ether oxygens (including phenoxy) is 3. The van der Waals surface area contributed by atoms with Crippen molar-refractivity contribution in [3.05, 3.63) is 29.8 Å². The topological polar surface area (TPSA) is 75.6 Å². The highest BCUT2D eigenvalue weighted by molar-refractivity contribution is 5.82. The first kappa shape index (κ1) is 23.3. The van der Waals surface area contributed by atoms with E-state index in [1.54, 1.807) is 0 Å². The van der Waals surface area contributed by atoms with Crippen LogP contribution >= 0.6 is 0 Å². The summed E-state index contributed by atoms with van der Waals surface area (Å²) in [7, 11) is 1.45. The highest BCUT2D eigenvalue weighted by Crippen LogP contribution is 2.25. The van der Waals surface area contributed by atoms with Crippen LogP contribution in [-0.4, -0.2) is 87.9 Å². The lowest BCUT2D eigenvalue weighted by Crippen LogP contribution is -2.40. The lowest BCUT2D eigenvalue weighted by Gasteiger charge is -2.26. The third kappa shape index (κ3) is 6.58. The van der Waals surface area contributed by atoms with Crippen LogP contribution in [0.25, 0.3) is 0 Å². The van der Waals surface area contributed by atoms with Crippen LogP contribution in [0.3, 0.4) is 0 Å². The van der Waals surface area contributed by atoms with E-state index >= 15 is 0 Å². The van der Waals surface area contributed by atoms with E-state index in [0.717, 1.165) is 63.2 Å². The Morgan fingerprint density at radius 3 is 2.77 bits per heavy atom. The number of hydrogen-bond donors (Lipinski definition) is 1. The molecule has 2 aliphatic heterocycles. The molecule has 2 heterocycles. The van der Waals surface area contributed by atoms with Gasteiger partial charge in [0.25, 0.3) is 0 Å². The van der Waals surface area contributed by atoms with E-state index < -0.39 is 0 Å². The second kappa shape index (κ2) is 11.9. The third-order valence-corrected chi connectivity index (χ3v) is 5.89. The summed E-state index contributed by atoms with van der Waals surface area (Å²) in [4.78, 5) is 21.4. The van der Waals surface area contributed by atoms with Crippen LogP contribution in [0, 0.1) is 11.8 Å². The molecular weight excluding hydrogens is 396 g/mol. The Morgan fingerprint density at radius 2 is 2.03 bits per heavy atom. The van der Waals surface area contributed by atoms with Crippen molar-refractivity contribution in [2.75, 3.05) is 66.2 Å². The molecule has 0 aromatic heterocycles. The van der Waals surface area contributed by atoms with Crippen molar-refractivity contribution >= 4 is 11.9 Å². The number of morpholine rings is 1. The number of carbonyl (C=O) groups is 1. The SMILES string of the molecule is CCNC(=NCc1ccccc1OCCN1CCOCC1)N1CC(C)C(C(=O)OC)C1. The summed E-state index contributed by atoms with van der Waals surface area (Å²) in [5, 5.41) is 3.36. The molecule has 1 N–H and O–H groups in total. The second-order valence-electron chi connectivity index (χ2n) is 8.09. The largest absolute Gasteiger partial charge is 0.492 e. The molecule has 2 fully saturated rings. The quantitative estimate of drug-likeness (QED) is 0.380. The smallest absolute Gasteiger partial charge is 0.310 e. The molecule has 2 saturated heterocycles. The van der Waals surface area contributed by atoms with Crippen LogP contribution in [0.1, 0.15) is 19.4 Å². The number of methoxy groups -OCH3 is 1. The van der Waals surface area contributed by atoms with Gasteiger partial charge < -0.3 is 24.4 Å². The summed E-state index contributed by atoms with van der Waals surface area (Å²) in [5.74, 6) is 1.66. The van der Waals surface area contributed by atoms with E-state index in [1.807, 2.05) is 18.2 Å². The number of carbonyl (C=O) groups excluding carboxylic acids is 1. The maximum absolute atomic E-state index is 12.1. The van der Waals surface area contributed by atoms with Crippen molar-refractivity contribution < 1.29 is 19.0 Å². The summed E-state index contributed by atoms with van der Waals surface area (Å²) < 4.78 is 16.5. The molecule has 3 rings (SSSR count). The number of benzene rings is 1.